The van der Waals surface area contributed by atoms with Gasteiger partial charge in [0.2, 0.25) is 0 Å². The van der Waals surface area contributed by atoms with Gasteiger partial charge >= 0.3 is 11.9 Å². The summed E-state index contributed by atoms with van der Waals surface area (Å²) in [4.78, 5) is 22.6. The number of carboxylic acid groups (broad SMARTS) is 1. The summed E-state index contributed by atoms with van der Waals surface area (Å²) in [5, 5.41) is 10.6. The Morgan fingerprint density at radius 3 is 2.39 bits per heavy atom. The topological polar surface area (TPSA) is 63.6 Å². The zero-order chi connectivity index (χ0) is 13.1. The smallest absolute Gasteiger partial charge is 0.348 e. The van der Waals surface area contributed by atoms with Gasteiger partial charge in [0.15, 0.2) is 0 Å². The third-order valence-corrected chi connectivity index (χ3v) is 3.36. The minimum Gasteiger partial charge on any atom is -0.478 e. The fraction of sp³-hybridized carbons (Fsp3) is 0.0769. The second-order valence-corrected chi connectivity index (χ2v) is 4.48. The van der Waals surface area contributed by atoms with Gasteiger partial charge in [0.1, 0.15) is 4.88 Å². The molecule has 0 radical (unpaired) electrons. The first-order chi connectivity index (χ1) is 8.61. The van der Waals surface area contributed by atoms with Crippen molar-refractivity contribution < 1.29 is 19.4 Å². The van der Waals surface area contributed by atoms with Gasteiger partial charge in [0.05, 0.1) is 12.7 Å². The van der Waals surface area contributed by atoms with Crippen LogP contribution in [0.4, 0.5) is 0 Å². The molecule has 1 heterocycles. The number of hydrogen-bond donors (Lipinski definition) is 1. The quantitative estimate of drug-likeness (QED) is 0.864. The van der Waals surface area contributed by atoms with Gasteiger partial charge in [-0.1, -0.05) is 12.1 Å². The van der Waals surface area contributed by atoms with Crippen LogP contribution >= 0.6 is 11.3 Å². The minimum atomic E-state index is -0.956. The highest BCUT2D eigenvalue weighted by Crippen LogP contribution is 2.26. The summed E-state index contributed by atoms with van der Waals surface area (Å²) in [7, 11) is 1.34. The molecule has 18 heavy (non-hydrogen) atoms. The fourth-order valence-electron chi connectivity index (χ4n) is 1.50. The van der Waals surface area contributed by atoms with E-state index in [0.29, 0.717) is 4.88 Å². The number of aromatic carboxylic acids is 1. The third-order valence-electron chi connectivity index (χ3n) is 2.45. The monoisotopic (exact) mass is 262 g/mol. The normalized spacial score (nSPS) is 10.1. The van der Waals surface area contributed by atoms with E-state index in [4.69, 9.17) is 5.11 Å². The van der Waals surface area contributed by atoms with Gasteiger partial charge < -0.3 is 9.84 Å². The fourth-order valence-corrected chi connectivity index (χ4v) is 2.33. The van der Waals surface area contributed by atoms with E-state index in [1.165, 1.54) is 30.6 Å². The number of methoxy groups -OCH3 is 1. The molecule has 0 unspecified atom stereocenters. The summed E-state index contributed by atoms with van der Waals surface area (Å²) in [5.41, 5.74) is 1.98. The molecule has 0 aliphatic heterocycles. The molecule has 0 spiro atoms. The lowest BCUT2D eigenvalue weighted by Gasteiger charge is -1.98. The minimum absolute atomic E-state index is 0.238. The molecule has 1 aromatic carbocycles. The molecule has 2 rings (SSSR count). The Kier molecular flexibility index (Phi) is 3.43. The summed E-state index contributed by atoms with van der Waals surface area (Å²) < 4.78 is 4.63. The Labute approximate surface area is 107 Å². The van der Waals surface area contributed by atoms with Crippen LogP contribution in [-0.4, -0.2) is 24.2 Å². The molecule has 0 bridgehead atoms. The van der Waals surface area contributed by atoms with Crippen molar-refractivity contribution in [2.24, 2.45) is 0 Å². The van der Waals surface area contributed by atoms with Gasteiger partial charge in [-0.05, 0) is 34.7 Å². The number of carbonyl (C=O) groups is 2. The number of hydrogen-bond acceptors (Lipinski definition) is 4. The van der Waals surface area contributed by atoms with Crippen LogP contribution in [0.2, 0.25) is 0 Å². The summed E-state index contributed by atoms with van der Waals surface area (Å²) >= 11 is 1.30. The van der Waals surface area contributed by atoms with Crippen molar-refractivity contribution in [3.63, 3.8) is 0 Å². The molecule has 1 N–H and O–H groups in total. The molecular weight excluding hydrogens is 252 g/mol. The van der Waals surface area contributed by atoms with E-state index in [0.717, 1.165) is 11.1 Å². The zero-order valence-electron chi connectivity index (χ0n) is 9.54. The molecule has 0 aliphatic carbocycles. The molecule has 0 amide bonds. The molecule has 2 aromatic rings. The first kappa shape index (κ1) is 12.3. The first-order valence-corrected chi connectivity index (χ1v) is 6.00. The van der Waals surface area contributed by atoms with Crippen molar-refractivity contribution in [3.8, 4) is 11.1 Å². The van der Waals surface area contributed by atoms with Crippen LogP contribution in [0.15, 0.2) is 35.7 Å². The second kappa shape index (κ2) is 5.01. The van der Waals surface area contributed by atoms with E-state index in [9.17, 15) is 9.59 Å². The SMILES string of the molecule is COC(=O)c1cc(-c2ccc(C(=O)O)cc2)cs1. The van der Waals surface area contributed by atoms with Crippen molar-refractivity contribution >= 4 is 23.3 Å². The Hall–Kier alpha value is -2.14. The molecule has 0 atom stereocenters. The second-order valence-electron chi connectivity index (χ2n) is 3.57. The number of rotatable bonds is 3. The first-order valence-electron chi connectivity index (χ1n) is 5.12. The molecule has 0 saturated heterocycles. The molecule has 0 fully saturated rings. The van der Waals surface area contributed by atoms with Crippen molar-refractivity contribution in [2.45, 2.75) is 0 Å². The molecule has 5 heteroatoms. The zero-order valence-corrected chi connectivity index (χ0v) is 10.4. The van der Waals surface area contributed by atoms with Gasteiger partial charge in [0, 0.05) is 0 Å². The summed E-state index contributed by atoms with van der Waals surface area (Å²) in [6.45, 7) is 0. The van der Waals surface area contributed by atoms with Crippen LogP contribution in [0.1, 0.15) is 20.0 Å². The highest BCUT2D eigenvalue weighted by Gasteiger charge is 2.10. The lowest BCUT2D eigenvalue weighted by Crippen LogP contribution is -1.97. The maximum atomic E-state index is 11.3. The van der Waals surface area contributed by atoms with Crippen molar-refractivity contribution in [2.75, 3.05) is 7.11 Å². The largest absolute Gasteiger partial charge is 0.478 e. The lowest BCUT2D eigenvalue weighted by atomic mass is 10.1. The number of carboxylic acids is 1. The molecule has 92 valence electrons. The Morgan fingerprint density at radius 1 is 1.17 bits per heavy atom. The number of ether oxygens (including phenoxy) is 1. The van der Waals surface area contributed by atoms with Gasteiger partial charge in [-0.25, -0.2) is 9.59 Å². The van der Waals surface area contributed by atoms with Gasteiger partial charge in [-0.15, -0.1) is 11.3 Å². The van der Waals surface area contributed by atoms with Crippen LogP contribution < -0.4 is 0 Å². The number of thiophene rings is 1. The standard InChI is InChI=1S/C13H10O4S/c1-17-13(16)11-6-10(7-18-11)8-2-4-9(5-3-8)12(14)15/h2-7H,1H3,(H,14,15). The van der Waals surface area contributed by atoms with E-state index in [-0.39, 0.29) is 11.5 Å². The Balaban J connectivity index is 2.29. The van der Waals surface area contributed by atoms with E-state index in [1.54, 1.807) is 18.2 Å². The maximum absolute atomic E-state index is 11.3. The number of benzene rings is 1. The average Bonchev–Trinajstić information content (AvgIpc) is 2.87. The maximum Gasteiger partial charge on any atom is 0.348 e. The summed E-state index contributed by atoms with van der Waals surface area (Å²) in [5.74, 6) is -1.32. The molecule has 1 aromatic heterocycles. The van der Waals surface area contributed by atoms with E-state index in [2.05, 4.69) is 4.74 Å². The van der Waals surface area contributed by atoms with Crippen molar-refractivity contribution in [1.82, 2.24) is 0 Å². The molecule has 0 saturated carbocycles. The van der Waals surface area contributed by atoms with E-state index >= 15 is 0 Å². The van der Waals surface area contributed by atoms with E-state index < -0.39 is 5.97 Å². The van der Waals surface area contributed by atoms with Crippen LogP contribution in [0, 0.1) is 0 Å². The predicted octanol–water partition coefficient (Wildman–Crippen LogP) is 2.90. The number of esters is 1. The number of carbonyl (C=O) groups excluding carboxylic acids is 1. The van der Waals surface area contributed by atoms with Crippen LogP contribution in [-0.2, 0) is 4.74 Å². The predicted molar refractivity (Wildman–Crippen MR) is 68.1 cm³/mol. The highest BCUT2D eigenvalue weighted by atomic mass is 32.1. The van der Waals surface area contributed by atoms with Crippen molar-refractivity contribution in [3.05, 3.63) is 46.2 Å². The summed E-state index contributed by atoms with van der Waals surface area (Å²) in [6, 6.07) is 8.23. The molecule has 0 aliphatic rings. The van der Waals surface area contributed by atoms with Gasteiger partial charge in [-0.3, -0.25) is 0 Å². The van der Waals surface area contributed by atoms with E-state index in [1.807, 2.05) is 5.38 Å². The Bertz CT molecular complexity index is 583. The highest BCUT2D eigenvalue weighted by molar-refractivity contribution is 7.12. The van der Waals surface area contributed by atoms with Gasteiger partial charge in [-0.2, -0.15) is 0 Å². The Morgan fingerprint density at radius 2 is 1.83 bits per heavy atom. The van der Waals surface area contributed by atoms with Crippen molar-refractivity contribution in [1.29, 1.82) is 0 Å². The van der Waals surface area contributed by atoms with Crippen LogP contribution in [0.3, 0.4) is 0 Å². The molecular formula is C13H10O4S. The summed E-state index contributed by atoms with van der Waals surface area (Å²) in [6.07, 6.45) is 0. The third kappa shape index (κ3) is 2.41. The van der Waals surface area contributed by atoms with Crippen LogP contribution in [0.5, 0.6) is 0 Å². The van der Waals surface area contributed by atoms with Gasteiger partial charge in [0.25, 0.3) is 0 Å². The lowest BCUT2D eigenvalue weighted by molar-refractivity contribution is 0.0605. The molecule has 4 nitrogen and oxygen atoms in total. The van der Waals surface area contributed by atoms with Crippen LogP contribution in [0.25, 0.3) is 11.1 Å². The average molecular weight is 262 g/mol.